The van der Waals surface area contributed by atoms with E-state index in [9.17, 15) is 18.0 Å². The predicted molar refractivity (Wildman–Crippen MR) is 84.4 cm³/mol. The Morgan fingerprint density at radius 2 is 2.04 bits per heavy atom. The minimum atomic E-state index is -4.70. The number of carbonyl (C=O) groups is 1. The van der Waals surface area contributed by atoms with Gasteiger partial charge in [-0.05, 0) is 37.1 Å². The van der Waals surface area contributed by atoms with Crippen LogP contribution in [0.1, 0.15) is 24.8 Å². The first-order valence-corrected chi connectivity index (χ1v) is 7.85. The number of halogens is 3. The first-order chi connectivity index (χ1) is 11.4. The van der Waals surface area contributed by atoms with E-state index in [1.165, 1.54) is 12.1 Å². The highest BCUT2D eigenvalue weighted by Gasteiger charge is 2.32. The van der Waals surface area contributed by atoms with E-state index >= 15 is 0 Å². The van der Waals surface area contributed by atoms with Gasteiger partial charge in [0.05, 0.1) is 0 Å². The van der Waals surface area contributed by atoms with Crippen LogP contribution >= 0.6 is 0 Å². The van der Waals surface area contributed by atoms with Crippen molar-refractivity contribution in [3.63, 3.8) is 0 Å². The molecule has 0 aliphatic carbocycles. The second-order valence-electron chi connectivity index (χ2n) is 5.69. The number of ether oxygens (including phenoxy) is 1. The topological polar surface area (TPSA) is 41.6 Å². The fourth-order valence-corrected chi connectivity index (χ4v) is 2.78. The first kappa shape index (κ1) is 18.3. The number of nitrogens with zero attached hydrogens (tertiary/aromatic N) is 1. The van der Waals surface area contributed by atoms with Crippen LogP contribution in [0.15, 0.2) is 36.9 Å². The third kappa shape index (κ3) is 5.56. The summed E-state index contributed by atoms with van der Waals surface area (Å²) in [6.07, 6.45) is -0.752. The van der Waals surface area contributed by atoms with Gasteiger partial charge in [-0.25, -0.2) is 0 Å². The normalized spacial score (nSPS) is 18.0. The molecule has 0 bridgehead atoms. The summed E-state index contributed by atoms with van der Waals surface area (Å²) in [5, 5.41) is 3.21. The van der Waals surface area contributed by atoms with Crippen LogP contribution < -0.4 is 10.1 Å². The Bertz CT molecular complexity index is 558. The lowest BCUT2D eigenvalue weighted by Gasteiger charge is -2.25. The molecule has 0 radical (unpaired) electrons. The van der Waals surface area contributed by atoms with Gasteiger partial charge in [0.2, 0.25) is 5.91 Å². The molecule has 2 rings (SSSR count). The van der Waals surface area contributed by atoms with Crippen molar-refractivity contribution < 1.29 is 22.7 Å². The van der Waals surface area contributed by atoms with Gasteiger partial charge in [-0.1, -0.05) is 18.2 Å². The molecule has 0 spiro atoms. The van der Waals surface area contributed by atoms with E-state index in [0.717, 1.165) is 31.5 Å². The molecule has 1 fully saturated rings. The fraction of sp³-hybridized carbons (Fsp3) is 0.471. The highest BCUT2D eigenvalue weighted by molar-refractivity contribution is 5.78. The minimum Gasteiger partial charge on any atom is -0.406 e. The predicted octanol–water partition coefficient (Wildman–Crippen LogP) is 3.24. The van der Waals surface area contributed by atoms with Gasteiger partial charge < -0.3 is 15.0 Å². The first-order valence-electron chi connectivity index (χ1n) is 7.85. The summed E-state index contributed by atoms with van der Waals surface area (Å²) in [5.41, 5.74) is 0.781. The molecule has 1 amide bonds. The molecular weight excluding hydrogens is 321 g/mol. The van der Waals surface area contributed by atoms with Gasteiger partial charge >= 0.3 is 6.36 Å². The lowest BCUT2D eigenvalue weighted by atomic mass is 10.1. The number of benzene rings is 1. The number of hydrogen-bond acceptors (Lipinski definition) is 3. The van der Waals surface area contributed by atoms with Gasteiger partial charge in [-0.3, -0.25) is 4.79 Å². The molecule has 1 aromatic rings. The van der Waals surface area contributed by atoms with E-state index in [2.05, 4.69) is 16.6 Å². The average Bonchev–Trinajstić information content (AvgIpc) is 2.85. The number of amides is 1. The van der Waals surface area contributed by atoms with Gasteiger partial charge in [0.1, 0.15) is 5.75 Å². The molecule has 7 heteroatoms. The van der Waals surface area contributed by atoms with Crippen molar-refractivity contribution >= 4 is 5.91 Å². The molecular formula is C17H21F3N2O2. The summed E-state index contributed by atoms with van der Waals surface area (Å²) in [6.45, 7) is 5.55. The quantitative estimate of drug-likeness (QED) is 0.582. The Hall–Kier alpha value is -2.02. The van der Waals surface area contributed by atoms with Gasteiger partial charge in [-0.2, -0.15) is 0 Å². The molecule has 1 aliphatic heterocycles. The maximum atomic E-state index is 12.2. The van der Waals surface area contributed by atoms with Crippen molar-refractivity contribution in [3.05, 3.63) is 42.5 Å². The highest BCUT2D eigenvalue weighted by atomic mass is 19.4. The Balaban J connectivity index is 1.92. The highest BCUT2D eigenvalue weighted by Crippen LogP contribution is 2.26. The molecule has 1 heterocycles. The Morgan fingerprint density at radius 1 is 1.33 bits per heavy atom. The summed E-state index contributed by atoms with van der Waals surface area (Å²) in [5.74, 6) is -0.177. The Kier molecular flexibility index (Phi) is 6.25. The van der Waals surface area contributed by atoms with Crippen LogP contribution in [-0.4, -0.2) is 36.3 Å². The van der Waals surface area contributed by atoms with E-state index in [-0.39, 0.29) is 17.7 Å². The lowest BCUT2D eigenvalue weighted by Crippen LogP contribution is -2.34. The van der Waals surface area contributed by atoms with Crippen molar-refractivity contribution in [2.75, 3.05) is 13.1 Å². The van der Waals surface area contributed by atoms with Gasteiger partial charge in [0.25, 0.3) is 0 Å². The van der Waals surface area contributed by atoms with E-state index in [1.807, 2.05) is 0 Å². The van der Waals surface area contributed by atoms with E-state index in [0.29, 0.717) is 13.0 Å². The molecule has 1 aromatic carbocycles. The van der Waals surface area contributed by atoms with E-state index < -0.39 is 6.36 Å². The smallest absolute Gasteiger partial charge is 0.406 e. The third-order valence-corrected chi connectivity index (χ3v) is 3.91. The van der Waals surface area contributed by atoms with E-state index in [1.54, 1.807) is 23.1 Å². The van der Waals surface area contributed by atoms with Crippen molar-refractivity contribution in [2.45, 2.75) is 38.2 Å². The Labute approximate surface area is 139 Å². The standard InChI is InChI=1S/C17H21F3N2O2/c1-2-10-21-11-9-14-5-8-16(23)22(14)12-13-3-6-15(7-4-13)24-17(18,19)20/h2-4,6-7,14,21H,1,5,8-12H2/t14-/m0/s1. The number of nitrogens with one attached hydrogen (secondary N) is 1. The summed E-state index contributed by atoms with van der Waals surface area (Å²) in [7, 11) is 0. The van der Waals surface area contributed by atoms with Crippen LogP contribution in [-0.2, 0) is 11.3 Å². The summed E-state index contributed by atoms with van der Waals surface area (Å²) in [4.78, 5) is 13.8. The second kappa shape index (κ2) is 8.19. The molecule has 0 saturated carbocycles. The van der Waals surface area contributed by atoms with Crippen molar-refractivity contribution in [3.8, 4) is 5.75 Å². The maximum absolute atomic E-state index is 12.2. The molecule has 1 atom stereocenters. The van der Waals surface area contributed by atoms with Gasteiger partial charge in [0.15, 0.2) is 0 Å². The molecule has 1 aliphatic rings. The van der Waals surface area contributed by atoms with E-state index in [4.69, 9.17) is 0 Å². The molecule has 0 unspecified atom stereocenters. The number of hydrogen-bond donors (Lipinski definition) is 1. The third-order valence-electron chi connectivity index (χ3n) is 3.91. The van der Waals surface area contributed by atoms with Crippen molar-refractivity contribution in [1.29, 1.82) is 0 Å². The average molecular weight is 342 g/mol. The maximum Gasteiger partial charge on any atom is 0.573 e. The summed E-state index contributed by atoms with van der Waals surface area (Å²) < 4.78 is 40.3. The Morgan fingerprint density at radius 3 is 2.67 bits per heavy atom. The van der Waals surface area contributed by atoms with Crippen LogP contribution in [0.3, 0.4) is 0 Å². The number of carbonyl (C=O) groups excluding carboxylic acids is 1. The number of likely N-dealkylation sites (tertiary alicyclic amines) is 1. The zero-order chi connectivity index (χ0) is 17.6. The minimum absolute atomic E-state index is 0.0827. The van der Waals surface area contributed by atoms with Gasteiger partial charge in [0, 0.05) is 25.6 Å². The molecule has 132 valence electrons. The van der Waals surface area contributed by atoms with Crippen LogP contribution in [0.2, 0.25) is 0 Å². The SMILES string of the molecule is C=CCNCC[C@@H]1CCC(=O)N1Cc1ccc(OC(F)(F)F)cc1. The number of rotatable bonds is 8. The molecule has 24 heavy (non-hydrogen) atoms. The molecule has 0 aromatic heterocycles. The monoisotopic (exact) mass is 342 g/mol. The summed E-state index contributed by atoms with van der Waals surface area (Å²) in [6, 6.07) is 5.80. The lowest BCUT2D eigenvalue weighted by molar-refractivity contribution is -0.274. The zero-order valence-corrected chi connectivity index (χ0v) is 13.3. The molecule has 1 saturated heterocycles. The van der Waals surface area contributed by atoms with Crippen LogP contribution in [0.5, 0.6) is 5.75 Å². The van der Waals surface area contributed by atoms with Gasteiger partial charge in [-0.15, -0.1) is 19.8 Å². The second-order valence-corrected chi connectivity index (χ2v) is 5.69. The zero-order valence-electron chi connectivity index (χ0n) is 13.3. The summed E-state index contributed by atoms with van der Waals surface area (Å²) >= 11 is 0. The van der Waals surface area contributed by atoms with Crippen molar-refractivity contribution in [1.82, 2.24) is 10.2 Å². The number of alkyl halides is 3. The molecule has 4 nitrogen and oxygen atoms in total. The van der Waals surface area contributed by atoms with Crippen LogP contribution in [0.4, 0.5) is 13.2 Å². The van der Waals surface area contributed by atoms with Crippen LogP contribution in [0.25, 0.3) is 0 Å². The molecule has 1 N–H and O–H groups in total. The van der Waals surface area contributed by atoms with Crippen LogP contribution in [0, 0.1) is 0 Å². The van der Waals surface area contributed by atoms with Crippen molar-refractivity contribution in [2.24, 2.45) is 0 Å². The largest absolute Gasteiger partial charge is 0.573 e. The fourth-order valence-electron chi connectivity index (χ4n) is 2.78.